The number of aryl methyl sites for hydroxylation is 2. The molecule has 0 saturated heterocycles. The molecule has 5 N–H and O–H groups in total. The van der Waals surface area contributed by atoms with E-state index in [9.17, 15) is 52.7 Å². The molecular weight excluding hydrogens is 1450 g/mol. The third kappa shape index (κ3) is 38.8. The van der Waals surface area contributed by atoms with Crippen molar-refractivity contribution in [1.29, 1.82) is 0 Å². The van der Waals surface area contributed by atoms with Crippen molar-refractivity contribution in [2.45, 2.75) is 71.4 Å². The van der Waals surface area contributed by atoms with E-state index in [-0.39, 0.29) is 105 Å². The Morgan fingerprint density at radius 1 is 0.559 bits per heavy atom. The van der Waals surface area contributed by atoms with Crippen molar-refractivity contribution in [3.63, 3.8) is 0 Å². The molecule has 6 rings (SSSR count). The Labute approximate surface area is 580 Å². The Bertz CT molecular complexity index is 3360. The van der Waals surface area contributed by atoms with Crippen LogP contribution in [-0.4, -0.2) is 162 Å². The maximum atomic E-state index is 12.8. The molecule has 0 bridgehead atoms. The molecular formula is C56H68N10NaO22S2Tc2. The average molecular weight is 1520 g/mol. The molecule has 93 heavy (non-hydrogen) atoms. The summed E-state index contributed by atoms with van der Waals surface area (Å²) in [6, 6.07) is 22.0. The number of ether oxygens (including phenoxy) is 2. The molecule has 37 heteroatoms. The monoisotopic (exact) mass is 1520 g/mol. The molecule has 8 amide bonds. The van der Waals surface area contributed by atoms with E-state index in [1.807, 2.05) is 24.3 Å². The van der Waals surface area contributed by atoms with E-state index in [2.05, 4.69) is 64.3 Å². The molecule has 4 heterocycles. The third-order valence-electron chi connectivity index (χ3n) is 11.8. The first-order valence-corrected chi connectivity index (χ1v) is 32.6. The van der Waals surface area contributed by atoms with Gasteiger partial charge in [-0.3, -0.25) is 38.4 Å². The van der Waals surface area contributed by atoms with Crippen LogP contribution in [0, 0.1) is 0 Å². The van der Waals surface area contributed by atoms with E-state index in [4.69, 9.17) is 46.5 Å². The van der Waals surface area contributed by atoms with E-state index in [1.54, 1.807) is 48.5 Å². The maximum absolute atomic E-state index is 12.8. The topological polar surface area (TPSA) is 478 Å². The van der Waals surface area contributed by atoms with Crippen molar-refractivity contribution in [3.8, 4) is 11.5 Å². The van der Waals surface area contributed by atoms with Crippen molar-refractivity contribution in [2.75, 3.05) is 77.1 Å². The molecule has 0 radical (unpaired) electrons. The van der Waals surface area contributed by atoms with E-state index in [0.29, 0.717) is 74.6 Å². The molecule has 4 aromatic rings. The Hall–Kier alpha value is -7.71. The molecule has 501 valence electrons. The summed E-state index contributed by atoms with van der Waals surface area (Å²) >= 11 is 0.276. The number of nitrogens with one attached hydrogen (secondary N) is 5. The number of hydrogen-bond acceptors (Lipinski definition) is 24. The van der Waals surface area contributed by atoms with Gasteiger partial charge in [0.05, 0.1) is 50.0 Å². The Morgan fingerprint density at radius 3 is 1.30 bits per heavy atom. The van der Waals surface area contributed by atoms with Crippen molar-refractivity contribution in [1.82, 2.24) is 35.7 Å². The molecule has 0 fully saturated rings. The van der Waals surface area contributed by atoms with Crippen LogP contribution in [0.5, 0.6) is 11.5 Å². The molecule has 2 aromatic carbocycles. The number of carbonyl (C=O) groups excluding carboxylic acids is 15. The number of unbranched alkanes of at least 4 members (excludes halogenated alkanes) is 2. The number of fused-ring (bicyclic) bond motifs is 2. The van der Waals surface area contributed by atoms with Gasteiger partial charge in [-0.25, -0.2) is 0 Å². The molecule has 0 saturated carbocycles. The number of nitrogens with zero attached hydrogens (tertiary/aromatic N) is 5. The second-order valence-electron chi connectivity index (χ2n) is 18.4. The SMILES string of the molecule is CC(=O)SCC(=O)NCC(=O)NCC(=O)NCC(=O)NCCCCOc1ccc(C(=O)c2ccc3n2CCC3)cc1.O=C(C[S-])[N-]CC(=O)[N-]CC(=O)[N-]CC(=O)NCCCCOc1ccc(C(=O)c2ccc3n2CCC3)cc1.O=C=O.O=C=O.[HH].[HH].[Na+].[O]=[99Tc+4].[O]=[Tc](=[O])(=[O])[O-]. The van der Waals surface area contributed by atoms with Gasteiger partial charge in [0.1, 0.15) is 11.5 Å². The van der Waals surface area contributed by atoms with Crippen LogP contribution >= 0.6 is 11.8 Å². The second kappa shape index (κ2) is 49.9. The number of rotatable bonds is 31. The predicted octanol–water partition coefficient (Wildman–Crippen LogP) is -2.58. The summed E-state index contributed by atoms with van der Waals surface area (Å²) in [5.41, 5.74) is 5.10. The number of benzene rings is 2. The number of carbonyl (C=O) groups is 11. The fourth-order valence-corrected chi connectivity index (χ4v) is 8.35. The molecule has 32 nitrogen and oxygen atoms in total. The van der Waals surface area contributed by atoms with Crippen molar-refractivity contribution in [3.05, 3.63) is 123 Å². The van der Waals surface area contributed by atoms with Gasteiger partial charge in [0.15, 0.2) is 5.12 Å². The van der Waals surface area contributed by atoms with Gasteiger partial charge in [-0.1, -0.05) is 24.9 Å². The van der Waals surface area contributed by atoms with E-state index < -0.39 is 70.0 Å². The number of thioether (sulfide) groups is 1. The Kier molecular flexibility index (Phi) is 45.7. The zero-order chi connectivity index (χ0) is 68.9. The van der Waals surface area contributed by atoms with Gasteiger partial charge in [0.25, 0.3) is 0 Å². The normalized spacial score (nSPS) is 10.8. The van der Waals surface area contributed by atoms with Gasteiger partial charge in [-0.15, -0.1) is 5.75 Å². The molecule has 2 aliphatic rings. The first-order chi connectivity index (χ1) is 43.9. The van der Waals surface area contributed by atoms with Crippen LogP contribution in [-0.2, 0) is 149 Å². The summed E-state index contributed by atoms with van der Waals surface area (Å²) in [6.07, 6.45) is 7.37. The first-order valence-electron chi connectivity index (χ1n) is 27.3. The second-order valence-corrected chi connectivity index (χ2v) is 21.7. The van der Waals surface area contributed by atoms with E-state index >= 15 is 0 Å². The fraction of sp³-hybridized carbons (Fsp3) is 0.411. The summed E-state index contributed by atoms with van der Waals surface area (Å²) in [4.78, 5) is 162. The third-order valence-corrected chi connectivity index (χ3v) is 12.9. The Morgan fingerprint density at radius 2 is 0.914 bits per heavy atom. The van der Waals surface area contributed by atoms with Crippen molar-refractivity contribution >= 4 is 101 Å². The minimum atomic E-state index is -5.94. The molecule has 2 aromatic heterocycles. The van der Waals surface area contributed by atoms with Gasteiger partial charge < -0.3 is 88.2 Å². The van der Waals surface area contributed by atoms with Crippen LogP contribution in [0.25, 0.3) is 16.0 Å². The Balaban J connectivity index is -0.00000147. The van der Waals surface area contributed by atoms with Crippen molar-refractivity contribution < 1.29 is 166 Å². The van der Waals surface area contributed by atoms with Gasteiger partial charge in [-0.2, -0.15) is 19.2 Å². The van der Waals surface area contributed by atoms with Crippen LogP contribution in [0.2, 0.25) is 0 Å². The zero-order valence-corrected chi connectivity index (χ0v) is 57.6. The van der Waals surface area contributed by atoms with Crippen LogP contribution in [0.15, 0.2) is 72.8 Å². The molecule has 0 unspecified atom stereocenters. The average Bonchev–Trinajstić information content (AvgIpc) is 1.68. The summed E-state index contributed by atoms with van der Waals surface area (Å²) in [5.74, 6) is -3.41. The van der Waals surface area contributed by atoms with E-state index in [0.717, 1.165) is 80.8 Å². The minimum absolute atomic E-state index is 0. The van der Waals surface area contributed by atoms with Gasteiger partial charge in [0.2, 0.25) is 41.1 Å². The summed E-state index contributed by atoms with van der Waals surface area (Å²) in [6.45, 7) is 2.55. The number of ketones is 2. The molecule has 2 aliphatic heterocycles. The quantitative estimate of drug-likeness (QED) is 0.0149. The fourth-order valence-electron chi connectivity index (χ4n) is 7.82. The van der Waals surface area contributed by atoms with Crippen LogP contribution in [0.3, 0.4) is 0 Å². The number of amides is 8. The number of hydrogen-bond donors (Lipinski definition) is 5. The van der Waals surface area contributed by atoms with Crippen LogP contribution in [0.1, 0.15) is 91.8 Å². The number of aromatic nitrogens is 2. The molecule has 0 spiro atoms. The van der Waals surface area contributed by atoms with Gasteiger partial charge >= 0.3 is 94.1 Å². The predicted molar refractivity (Wildman–Crippen MR) is 312 cm³/mol. The first kappa shape index (κ1) is 85.3. The summed E-state index contributed by atoms with van der Waals surface area (Å²) in [5, 5.41) is 22.6. The van der Waals surface area contributed by atoms with Gasteiger partial charge in [0, 0.05) is 76.2 Å². The summed E-state index contributed by atoms with van der Waals surface area (Å²) in [7, 11) is 0. The van der Waals surface area contributed by atoms with E-state index in [1.165, 1.54) is 18.3 Å². The molecule has 0 atom stereocenters. The van der Waals surface area contributed by atoms with Gasteiger partial charge in [-0.05, 0) is 131 Å². The summed E-state index contributed by atoms with van der Waals surface area (Å²) < 4.78 is 58.3. The van der Waals surface area contributed by atoms with Crippen molar-refractivity contribution in [2.24, 2.45) is 0 Å². The van der Waals surface area contributed by atoms with Crippen LogP contribution < -0.4 is 69.5 Å². The standard InChI is InChI=1S/C28H35N5O7S.C26H33N5O6S.2CO2.Na.5O.2Tc.2H2/c1-19(34)41-18-27(38)32-17-26(37)31-16-25(36)30-15-24(35)29-12-2-3-14-40-22-9-6-20(7-10-22)28(39)23-11-8-21-5-4-13-33(21)23;32-22(14-28-23(33)15-29-24(34)16-30-25(35)17-38)27-11-1-2-13-37-20-8-5-18(6-9-20)26(36)21-10-7-19-4-3-12-31(19)21;2*2-1-3;;;;;;;;;;/h6-11H,2-5,12-18H2,1H3,(H,29,35)(H,30,36)(H,31,37)(H,32,38);5-10H,1-4,11-17H2,(H5,27,28,29,30,32,33,34,35,38);;;;;;;;;;;2*1H/q;;;;+1;;;;;-1;+4;;;/p-4/i;;;;;;;;;;1+1;;;. The molecule has 0 aliphatic carbocycles. The zero-order valence-electron chi connectivity index (χ0n) is 50.3. The van der Waals surface area contributed by atoms with Crippen LogP contribution in [0.4, 0.5) is 0 Å².